The van der Waals surface area contributed by atoms with Crippen molar-refractivity contribution in [3.63, 3.8) is 0 Å². The molecule has 2 unspecified atom stereocenters. The highest BCUT2D eigenvalue weighted by atomic mass is 16.5. The first-order valence-corrected chi connectivity index (χ1v) is 7.48. The summed E-state index contributed by atoms with van der Waals surface area (Å²) in [6, 6.07) is 0.354. The van der Waals surface area contributed by atoms with Crippen molar-refractivity contribution in [3.8, 4) is 0 Å². The zero-order valence-electron chi connectivity index (χ0n) is 12.1. The van der Waals surface area contributed by atoms with Gasteiger partial charge >= 0.3 is 5.97 Å². The third-order valence-corrected chi connectivity index (χ3v) is 4.20. The molecule has 0 radical (unpaired) electrons. The van der Waals surface area contributed by atoms with Gasteiger partial charge < -0.3 is 14.7 Å². The highest BCUT2D eigenvalue weighted by Gasteiger charge is 2.30. The van der Waals surface area contributed by atoms with Crippen LogP contribution in [0.15, 0.2) is 0 Å². The fourth-order valence-corrected chi connectivity index (χ4v) is 3.03. The van der Waals surface area contributed by atoms with Crippen LogP contribution in [0.1, 0.15) is 32.6 Å². The molecule has 2 aliphatic heterocycles. The van der Waals surface area contributed by atoms with E-state index < -0.39 is 12.1 Å². The lowest BCUT2D eigenvalue weighted by molar-refractivity contribution is -0.157. The number of hydrogen-bond acceptors (Lipinski definition) is 4. The maximum Gasteiger partial charge on any atom is 0.334 e. The molecular weight excluding hydrogens is 260 g/mol. The van der Waals surface area contributed by atoms with E-state index in [0.29, 0.717) is 32.3 Å². The first-order valence-electron chi connectivity index (χ1n) is 7.48. The van der Waals surface area contributed by atoms with Gasteiger partial charge in [0.25, 0.3) is 0 Å². The second-order valence-electron chi connectivity index (χ2n) is 5.58. The third kappa shape index (κ3) is 3.70. The average Bonchev–Trinajstić information content (AvgIpc) is 2.47. The van der Waals surface area contributed by atoms with Crippen molar-refractivity contribution in [1.29, 1.82) is 0 Å². The first-order chi connectivity index (χ1) is 9.61. The zero-order valence-corrected chi connectivity index (χ0v) is 12.1. The van der Waals surface area contributed by atoms with Gasteiger partial charge in [-0.25, -0.2) is 4.79 Å². The van der Waals surface area contributed by atoms with Gasteiger partial charge in [-0.1, -0.05) is 6.92 Å². The number of carboxylic acid groups (broad SMARTS) is 1. The summed E-state index contributed by atoms with van der Waals surface area (Å²) in [6.07, 6.45) is 3.54. The maximum atomic E-state index is 12.4. The van der Waals surface area contributed by atoms with E-state index in [4.69, 9.17) is 9.84 Å². The number of carboxylic acids is 1. The molecule has 6 heteroatoms. The van der Waals surface area contributed by atoms with Crippen molar-refractivity contribution < 1.29 is 19.4 Å². The van der Waals surface area contributed by atoms with E-state index in [1.807, 2.05) is 9.80 Å². The molecule has 0 aromatic rings. The van der Waals surface area contributed by atoms with Crippen molar-refractivity contribution in [2.75, 3.05) is 32.8 Å². The van der Waals surface area contributed by atoms with Crippen molar-refractivity contribution in [3.05, 3.63) is 0 Å². The van der Waals surface area contributed by atoms with Gasteiger partial charge in [-0.3, -0.25) is 9.69 Å². The van der Waals surface area contributed by atoms with Gasteiger partial charge in [0.15, 0.2) is 6.10 Å². The summed E-state index contributed by atoms with van der Waals surface area (Å²) in [5.74, 6) is -0.825. The minimum Gasteiger partial charge on any atom is -0.479 e. The van der Waals surface area contributed by atoms with Crippen LogP contribution in [0.4, 0.5) is 0 Å². The molecule has 0 bridgehead atoms. The Morgan fingerprint density at radius 1 is 1.30 bits per heavy atom. The minimum atomic E-state index is -0.952. The molecule has 2 aliphatic rings. The second kappa shape index (κ2) is 7.04. The topological polar surface area (TPSA) is 70.1 Å². The van der Waals surface area contributed by atoms with Gasteiger partial charge in [-0.05, 0) is 25.7 Å². The molecular formula is C14H24N2O4. The summed E-state index contributed by atoms with van der Waals surface area (Å²) in [5, 5.41) is 8.97. The first kappa shape index (κ1) is 15.3. The number of amides is 1. The highest BCUT2D eigenvalue weighted by Crippen LogP contribution is 2.20. The molecule has 0 aromatic heterocycles. The normalized spacial score (nSPS) is 28.4. The Labute approximate surface area is 119 Å². The van der Waals surface area contributed by atoms with Crippen molar-refractivity contribution in [2.45, 2.75) is 44.8 Å². The zero-order chi connectivity index (χ0) is 14.5. The van der Waals surface area contributed by atoms with E-state index in [2.05, 4.69) is 6.92 Å². The van der Waals surface area contributed by atoms with Crippen LogP contribution < -0.4 is 0 Å². The lowest BCUT2D eigenvalue weighted by Gasteiger charge is -2.37. The highest BCUT2D eigenvalue weighted by molar-refractivity contribution is 5.79. The number of carbonyl (C=O) groups excluding carboxylic acids is 1. The largest absolute Gasteiger partial charge is 0.479 e. The van der Waals surface area contributed by atoms with Crippen LogP contribution in [0.2, 0.25) is 0 Å². The number of rotatable bonds is 4. The van der Waals surface area contributed by atoms with Crippen LogP contribution in [0.3, 0.4) is 0 Å². The number of carbonyl (C=O) groups is 2. The standard InChI is InChI=1S/C14H24N2O4/c1-2-11-5-3-4-6-16(11)13(17)10-15-7-8-20-12(9-15)14(18)19/h11-12H,2-10H2,1H3,(H,18,19). The van der Waals surface area contributed by atoms with Gasteiger partial charge in [0.05, 0.1) is 13.2 Å². The van der Waals surface area contributed by atoms with Gasteiger partial charge in [-0.2, -0.15) is 0 Å². The number of nitrogens with zero attached hydrogens (tertiary/aromatic N) is 2. The molecule has 1 N–H and O–H groups in total. The molecule has 1 amide bonds. The predicted octanol–water partition coefficient (Wildman–Crippen LogP) is 0.563. The number of piperidine rings is 1. The third-order valence-electron chi connectivity index (χ3n) is 4.20. The fourth-order valence-electron chi connectivity index (χ4n) is 3.03. The molecule has 2 fully saturated rings. The summed E-state index contributed by atoms with van der Waals surface area (Å²) in [5.41, 5.74) is 0. The Kier molecular flexibility index (Phi) is 5.37. The van der Waals surface area contributed by atoms with Gasteiger partial charge in [0, 0.05) is 25.7 Å². The quantitative estimate of drug-likeness (QED) is 0.817. The number of hydrogen-bond donors (Lipinski definition) is 1. The number of morpholine rings is 1. The Morgan fingerprint density at radius 2 is 2.10 bits per heavy atom. The molecule has 0 aliphatic carbocycles. The molecule has 2 saturated heterocycles. The SMILES string of the molecule is CCC1CCCCN1C(=O)CN1CCOC(C(=O)O)C1. The maximum absolute atomic E-state index is 12.4. The van der Waals surface area contributed by atoms with Crippen molar-refractivity contribution in [2.24, 2.45) is 0 Å². The molecule has 20 heavy (non-hydrogen) atoms. The van der Waals surface area contributed by atoms with Crippen LogP contribution in [0, 0.1) is 0 Å². The summed E-state index contributed by atoms with van der Waals surface area (Å²) in [4.78, 5) is 27.2. The Morgan fingerprint density at radius 3 is 2.80 bits per heavy atom. The molecule has 0 spiro atoms. The number of likely N-dealkylation sites (tertiary alicyclic amines) is 1. The van der Waals surface area contributed by atoms with E-state index >= 15 is 0 Å². The lowest BCUT2D eigenvalue weighted by Crippen LogP contribution is -2.52. The minimum absolute atomic E-state index is 0.127. The Bertz CT molecular complexity index is 361. The Hall–Kier alpha value is -1.14. The number of ether oxygens (including phenoxy) is 1. The van der Waals surface area contributed by atoms with Crippen LogP contribution in [-0.2, 0) is 14.3 Å². The predicted molar refractivity (Wildman–Crippen MR) is 73.5 cm³/mol. The lowest BCUT2D eigenvalue weighted by atomic mass is 10.00. The van der Waals surface area contributed by atoms with E-state index in [9.17, 15) is 9.59 Å². The molecule has 2 atom stereocenters. The number of aliphatic carboxylic acids is 1. The molecule has 114 valence electrons. The summed E-state index contributed by atoms with van der Waals surface area (Å²) < 4.78 is 5.17. The van der Waals surface area contributed by atoms with E-state index in [-0.39, 0.29) is 5.91 Å². The van der Waals surface area contributed by atoms with Crippen LogP contribution >= 0.6 is 0 Å². The second-order valence-corrected chi connectivity index (χ2v) is 5.58. The average molecular weight is 284 g/mol. The molecule has 0 aromatic carbocycles. The van der Waals surface area contributed by atoms with Gasteiger partial charge in [0.2, 0.25) is 5.91 Å². The molecule has 6 nitrogen and oxygen atoms in total. The summed E-state index contributed by atoms with van der Waals surface area (Å²) in [6.45, 7) is 4.56. The molecule has 0 saturated carbocycles. The van der Waals surface area contributed by atoms with Crippen molar-refractivity contribution >= 4 is 11.9 Å². The van der Waals surface area contributed by atoms with Crippen LogP contribution in [-0.4, -0.2) is 71.7 Å². The van der Waals surface area contributed by atoms with Gasteiger partial charge in [0.1, 0.15) is 0 Å². The van der Waals surface area contributed by atoms with Crippen LogP contribution in [0.25, 0.3) is 0 Å². The van der Waals surface area contributed by atoms with E-state index in [1.54, 1.807) is 0 Å². The fraction of sp³-hybridized carbons (Fsp3) is 0.857. The van der Waals surface area contributed by atoms with E-state index in [1.165, 1.54) is 6.42 Å². The van der Waals surface area contributed by atoms with Gasteiger partial charge in [-0.15, -0.1) is 0 Å². The summed E-state index contributed by atoms with van der Waals surface area (Å²) >= 11 is 0. The monoisotopic (exact) mass is 284 g/mol. The van der Waals surface area contributed by atoms with Crippen molar-refractivity contribution in [1.82, 2.24) is 9.80 Å². The summed E-state index contributed by atoms with van der Waals surface area (Å²) in [7, 11) is 0. The molecule has 2 rings (SSSR count). The smallest absolute Gasteiger partial charge is 0.334 e. The van der Waals surface area contributed by atoms with Crippen LogP contribution in [0.5, 0.6) is 0 Å². The Balaban J connectivity index is 1.88. The molecule has 2 heterocycles. The van der Waals surface area contributed by atoms with E-state index in [0.717, 1.165) is 25.8 Å².